The summed E-state index contributed by atoms with van der Waals surface area (Å²) in [6.45, 7) is 0.556. The number of para-hydroxylation sites is 2. The number of ether oxygens (including phenoxy) is 2. The van der Waals surface area contributed by atoms with E-state index in [4.69, 9.17) is 9.47 Å². The Kier molecular flexibility index (Phi) is 4.38. The molecule has 1 aromatic carbocycles. The number of nitriles is 1. The maximum atomic E-state index is 9.26. The number of benzene rings is 1. The molecular formula is C14H17NO2S. The molecule has 1 atom stereocenters. The molecular weight excluding hydrogens is 246 g/mol. The highest BCUT2D eigenvalue weighted by molar-refractivity contribution is 8.01. The smallest absolute Gasteiger partial charge is 0.161 e. The average Bonchev–Trinajstić information content (AvgIpc) is 2.89. The van der Waals surface area contributed by atoms with E-state index in [1.54, 1.807) is 18.9 Å². The molecule has 1 heterocycles. The first-order chi connectivity index (χ1) is 8.79. The Labute approximate surface area is 112 Å². The lowest BCUT2D eigenvalue weighted by Crippen LogP contribution is -2.21. The Hall–Kier alpha value is -1.34. The van der Waals surface area contributed by atoms with E-state index in [9.17, 15) is 5.26 Å². The van der Waals surface area contributed by atoms with Crippen molar-refractivity contribution in [3.8, 4) is 17.6 Å². The van der Waals surface area contributed by atoms with Gasteiger partial charge in [0.1, 0.15) is 4.75 Å². The Morgan fingerprint density at radius 3 is 2.78 bits per heavy atom. The van der Waals surface area contributed by atoms with E-state index in [1.165, 1.54) is 0 Å². The highest BCUT2D eigenvalue weighted by Gasteiger charge is 2.34. The van der Waals surface area contributed by atoms with E-state index in [1.807, 2.05) is 24.3 Å². The minimum absolute atomic E-state index is 0.234. The number of rotatable bonds is 5. The molecule has 1 aliphatic rings. The zero-order valence-electron chi connectivity index (χ0n) is 10.5. The second-order valence-electron chi connectivity index (χ2n) is 4.31. The van der Waals surface area contributed by atoms with Gasteiger partial charge in [-0.2, -0.15) is 5.26 Å². The summed E-state index contributed by atoms with van der Waals surface area (Å²) in [6.07, 6.45) is 2.88. The highest BCUT2D eigenvalue weighted by atomic mass is 32.2. The van der Waals surface area contributed by atoms with Crippen molar-refractivity contribution >= 4 is 11.8 Å². The van der Waals surface area contributed by atoms with Crippen molar-refractivity contribution in [2.24, 2.45) is 0 Å². The molecule has 0 bridgehead atoms. The maximum Gasteiger partial charge on any atom is 0.161 e. The molecule has 0 aromatic heterocycles. The van der Waals surface area contributed by atoms with Gasteiger partial charge in [-0.3, -0.25) is 0 Å². The number of methoxy groups -OCH3 is 1. The van der Waals surface area contributed by atoms with Crippen LogP contribution in [0.5, 0.6) is 11.5 Å². The van der Waals surface area contributed by atoms with Gasteiger partial charge >= 0.3 is 0 Å². The summed E-state index contributed by atoms with van der Waals surface area (Å²) < 4.78 is 10.7. The molecule has 1 saturated heterocycles. The molecule has 1 fully saturated rings. The first-order valence-electron chi connectivity index (χ1n) is 6.11. The lowest BCUT2D eigenvalue weighted by atomic mass is 10.0. The second kappa shape index (κ2) is 6.01. The minimum atomic E-state index is -0.234. The van der Waals surface area contributed by atoms with E-state index in [-0.39, 0.29) is 4.75 Å². The average molecular weight is 263 g/mol. The van der Waals surface area contributed by atoms with Gasteiger partial charge in [0.2, 0.25) is 0 Å². The second-order valence-corrected chi connectivity index (χ2v) is 5.79. The van der Waals surface area contributed by atoms with Gasteiger partial charge in [0.15, 0.2) is 11.5 Å². The van der Waals surface area contributed by atoms with Gasteiger partial charge in [0.25, 0.3) is 0 Å². The van der Waals surface area contributed by atoms with Crippen molar-refractivity contribution in [2.75, 3.05) is 19.5 Å². The van der Waals surface area contributed by atoms with E-state index in [0.717, 1.165) is 36.5 Å². The Morgan fingerprint density at radius 2 is 2.17 bits per heavy atom. The van der Waals surface area contributed by atoms with E-state index < -0.39 is 0 Å². The number of hydrogen-bond donors (Lipinski definition) is 0. The van der Waals surface area contributed by atoms with E-state index in [0.29, 0.717) is 6.61 Å². The molecule has 1 aromatic rings. The third kappa shape index (κ3) is 2.91. The van der Waals surface area contributed by atoms with Gasteiger partial charge < -0.3 is 9.47 Å². The quantitative estimate of drug-likeness (QED) is 0.817. The Bertz CT molecular complexity index is 436. The summed E-state index contributed by atoms with van der Waals surface area (Å²) in [5, 5.41) is 9.26. The molecule has 96 valence electrons. The Morgan fingerprint density at radius 1 is 1.39 bits per heavy atom. The predicted molar refractivity (Wildman–Crippen MR) is 73.1 cm³/mol. The number of nitrogens with zero attached hydrogens (tertiary/aromatic N) is 1. The normalized spacial score (nSPS) is 22.4. The summed E-state index contributed by atoms with van der Waals surface area (Å²) >= 11 is 1.76. The lowest BCUT2D eigenvalue weighted by Gasteiger charge is -2.19. The van der Waals surface area contributed by atoms with Crippen LogP contribution in [-0.2, 0) is 0 Å². The van der Waals surface area contributed by atoms with Crippen LogP contribution in [0.4, 0.5) is 0 Å². The molecule has 0 saturated carbocycles. The van der Waals surface area contributed by atoms with Gasteiger partial charge in [-0.15, -0.1) is 11.8 Å². The highest BCUT2D eigenvalue weighted by Crippen LogP contribution is 2.40. The first kappa shape index (κ1) is 13.1. The largest absolute Gasteiger partial charge is 0.493 e. The number of hydrogen-bond acceptors (Lipinski definition) is 4. The molecule has 0 radical (unpaired) electrons. The van der Waals surface area contributed by atoms with Gasteiger partial charge in [0.05, 0.1) is 19.8 Å². The van der Waals surface area contributed by atoms with Crippen molar-refractivity contribution in [3.05, 3.63) is 24.3 Å². The standard InChI is InChI=1S/C14H17NO2S/c1-16-12-5-2-3-6-13(12)17-9-8-14(11-15)7-4-10-18-14/h2-3,5-6H,4,7-10H2,1H3. The van der Waals surface area contributed by atoms with Crippen LogP contribution in [0.25, 0.3) is 0 Å². The van der Waals surface area contributed by atoms with Crippen LogP contribution in [0.15, 0.2) is 24.3 Å². The van der Waals surface area contributed by atoms with Crippen LogP contribution in [0.1, 0.15) is 19.3 Å². The zero-order valence-corrected chi connectivity index (χ0v) is 11.3. The van der Waals surface area contributed by atoms with Crippen molar-refractivity contribution in [1.82, 2.24) is 0 Å². The van der Waals surface area contributed by atoms with E-state index >= 15 is 0 Å². The van der Waals surface area contributed by atoms with Gasteiger partial charge in [-0.25, -0.2) is 0 Å². The SMILES string of the molecule is COc1ccccc1OCCC1(C#N)CCCS1. The van der Waals surface area contributed by atoms with Crippen molar-refractivity contribution in [3.63, 3.8) is 0 Å². The molecule has 18 heavy (non-hydrogen) atoms. The third-order valence-corrected chi connectivity index (χ3v) is 4.68. The van der Waals surface area contributed by atoms with Crippen molar-refractivity contribution in [1.29, 1.82) is 5.26 Å². The monoisotopic (exact) mass is 263 g/mol. The lowest BCUT2D eigenvalue weighted by molar-refractivity contribution is 0.280. The van der Waals surface area contributed by atoms with Gasteiger partial charge in [-0.1, -0.05) is 12.1 Å². The van der Waals surface area contributed by atoms with Crippen LogP contribution in [0, 0.1) is 11.3 Å². The molecule has 0 N–H and O–H groups in total. The summed E-state index contributed by atoms with van der Waals surface area (Å²) in [5.74, 6) is 2.57. The molecule has 4 heteroatoms. The molecule has 1 unspecified atom stereocenters. The summed E-state index contributed by atoms with van der Waals surface area (Å²) in [6, 6.07) is 10.0. The molecule has 3 nitrogen and oxygen atoms in total. The Balaban J connectivity index is 1.90. The third-order valence-electron chi connectivity index (χ3n) is 3.14. The van der Waals surface area contributed by atoms with Crippen LogP contribution < -0.4 is 9.47 Å². The zero-order chi connectivity index (χ0) is 12.8. The van der Waals surface area contributed by atoms with Gasteiger partial charge in [-0.05, 0) is 30.7 Å². The summed E-state index contributed by atoms with van der Waals surface area (Å²) in [4.78, 5) is 0. The fourth-order valence-electron chi connectivity index (χ4n) is 2.10. The van der Waals surface area contributed by atoms with Crippen LogP contribution in [-0.4, -0.2) is 24.2 Å². The fraction of sp³-hybridized carbons (Fsp3) is 0.500. The predicted octanol–water partition coefficient (Wildman–Crippen LogP) is 3.25. The van der Waals surface area contributed by atoms with Crippen molar-refractivity contribution in [2.45, 2.75) is 24.0 Å². The summed E-state index contributed by atoms with van der Waals surface area (Å²) in [5.41, 5.74) is 0. The first-order valence-corrected chi connectivity index (χ1v) is 7.09. The van der Waals surface area contributed by atoms with Crippen LogP contribution >= 0.6 is 11.8 Å². The maximum absolute atomic E-state index is 9.26. The van der Waals surface area contributed by atoms with Crippen molar-refractivity contribution < 1.29 is 9.47 Å². The van der Waals surface area contributed by atoms with E-state index in [2.05, 4.69) is 6.07 Å². The van der Waals surface area contributed by atoms with Gasteiger partial charge in [0, 0.05) is 6.42 Å². The van der Waals surface area contributed by atoms with Crippen LogP contribution in [0.3, 0.4) is 0 Å². The summed E-state index contributed by atoms with van der Waals surface area (Å²) in [7, 11) is 1.63. The minimum Gasteiger partial charge on any atom is -0.493 e. The number of thioether (sulfide) groups is 1. The topological polar surface area (TPSA) is 42.2 Å². The molecule has 1 aliphatic heterocycles. The fourth-order valence-corrected chi connectivity index (χ4v) is 3.36. The molecule has 0 aliphatic carbocycles. The molecule has 0 spiro atoms. The molecule has 0 amide bonds. The van der Waals surface area contributed by atoms with Crippen LogP contribution in [0.2, 0.25) is 0 Å². The molecule has 2 rings (SSSR count).